The zero-order valence-corrected chi connectivity index (χ0v) is 18.4. The fourth-order valence-electron chi connectivity index (χ4n) is 3.11. The maximum absolute atomic E-state index is 13.0. The minimum Gasteiger partial charge on any atom is -0.339 e. The van der Waals surface area contributed by atoms with Crippen molar-refractivity contribution in [1.82, 2.24) is 14.9 Å². The molecule has 0 radical (unpaired) electrons. The molecule has 1 unspecified atom stereocenters. The maximum Gasteiger partial charge on any atom is 0.242 e. The number of aromatic nitrogens is 2. The molecule has 1 fully saturated rings. The van der Waals surface area contributed by atoms with Gasteiger partial charge in [-0.05, 0) is 57.4 Å². The fraction of sp³-hybridized carbons (Fsp3) is 0.318. The molecule has 3 aromatic rings. The van der Waals surface area contributed by atoms with Crippen LogP contribution in [0.1, 0.15) is 42.7 Å². The number of carbonyl (C=O) groups is 1. The summed E-state index contributed by atoms with van der Waals surface area (Å²) in [5, 5.41) is 6.69. The minimum absolute atomic E-state index is 0.0674. The molecule has 1 aliphatic rings. The van der Waals surface area contributed by atoms with Crippen LogP contribution < -0.4 is 10.0 Å². The van der Waals surface area contributed by atoms with Crippen molar-refractivity contribution >= 4 is 21.6 Å². The van der Waals surface area contributed by atoms with Gasteiger partial charge in [0.2, 0.25) is 27.6 Å². The molecule has 0 bridgehead atoms. The largest absolute Gasteiger partial charge is 0.339 e. The first-order valence-electron chi connectivity index (χ1n) is 10.1. The van der Waals surface area contributed by atoms with Crippen molar-refractivity contribution in [1.29, 1.82) is 0 Å². The molecule has 8 nitrogen and oxygen atoms in total. The van der Waals surface area contributed by atoms with E-state index in [4.69, 9.17) is 4.52 Å². The summed E-state index contributed by atoms with van der Waals surface area (Å²) in [4.78, 5) is 16.9. The summed E-state index contributed by atoms with van der Waals surface area (Å²) < 4.78 is 33.8. The number of nitrogens with one attached hydrogen (secondary N) is 2. The molecule has 1 aliphatic carbocycles. The third-order valence-electron chi connectivity index (χ3n) is 5.15. The molecule has 1 saturated carbocycles. The average Bonchev–Trinajstić information content (AvgIpc) is 3.46. The SMILES string of the molecule is Cc1ccc(NC(=O)C(C)NS(=O)(=O)c2cc(-c3noc(C4CC4)n3)ccc2C)cc1. The second-order valence-electron chi connectivity index (χ2n) is 7.91. The highest BCUT2D eigenvalue weighted by Gasteiger charge is 2.30. The van der Waals surface area contributed by atoms with Crippen LogP contribution in [0.5, 0.6) is 0 Å². The lowest BCUT2D eigenvalue weighted by molar-refractivity contribution is -0.117. The van der Waals surface area contributed by atoms with E-state index in [0.29, 0.717) is 34.4 Å². The van der Waals surface area contributed by atoms with Crippen LogP contribution >= 0.6 is 0 Å². The predicted molar refractivity (Wildman–Crippen MR) is 116 cm³/mol. The molecule has 1 heterocycles. The Hall–Kier alpha value is -3.04. The van der Waals surface area contributed by atoms with Crippen LogP contribution in [0.4, 0.5) is 5.69 Å². The maximum atomic E-state index is 13.0. The third-order valence-corrected chi connectivity index (χ3v) is 6.83. The first kappa shape index (κ1) is 21.2. The number of amides is 1. The standard InChI is InChI=1S/C22H24N4O4S/c1-13-4-10-18(11-5-13)23-21(27)15(3)26-31(28,29)19-12-17(7-6-14(19)2)20-24-22(30-25-20)16-8-9-16/h4-7,10-12,15-16,26H,8-9H2,1-3H3,(H,23,27). The summed E-state index contributed by atoms with van der Waals surface area (Å²) in [5.74, 6) is 0.793. The van der Waals surface area contributed by atoms with Crippen LogP contribution in [0, 0.1) is 13.8 Å². The monoisotopic (exact) mass is 440 g/mol. The molecule has 1 aromatic heterocycles. The number of hydrogen-bond donors (Lipinski definition) is 2. The smallest absolute Gasteiger partial charge is 0.242 e. The fourth-order valence-corrected chi connectivity index (χ4v) is 4.59. The zero-order valence-electron chi connectivity index (χ0n) is 17.5. The van der Waals surface area contributed by atoms with Crippen LogP contribution in [-0.4, -0.2) is 30.5 Å². The first-order valence-corrected chi connectivity index (χ1v) is 11.6. The number of anilines is 1. The van der Waals surface area contributed by atoms with Gasteiger partial charge in [-0.1, -0.05) is 35.0 Å². The Morgan fingerprint density at radius 2 is 1.84 bits per heavy atom. The summed E-state index contributed by atoms with van der Waals surface area (Å²) in [6, 6.07) is 11.2. The topological polar surface area (TPSA) is 114 Å². The Balaban J connectivity index is 1.51. The first-order chi connectivity index (χ1) is 14.7. The van der Waals surface area contributed by atoms with Gasteiger partial charge < -0.3 is 9.84 Å². The molecule has 0 aliphatic heterocycles. The number of hydrogen-bond acceptors (Lipinski definition) is 6. The van der Waals surface area contributed by atoms with E-state index in [2.05, 4.69) is 20.2 Å². The van der Waals surface area contributed by atoms with Crippen LogP contribution in [0.25, 0.3) is 11.4 Å². The molecule has 1 atom stereocenters. The highest BCUT2D eigenvalue weighted by atomic mass is 32.2. The molecule has 31 heavy (non-hydrogen) atoms. The van der Waals surface area contributed by atoms with Crippen molar-refractivity contribution in [2.75, 3.05) is 5.32 Å². The van der Waals surface area contributed by atoms with Crippen molar-refractivity contribution in [2.45, 2.75) is 50.5 Å². The van der Waals surface area contributed by atoms with E-state index in [1.807, 2.05) is 19.1 Å². The van der Waals surface area contributed by atoms with Crippen LogP contribution in [0.2, 0.25) is 0 Å². The van der Waals surface area contributed by atoms with Gasteiger partial charge >= 0.3 is 0 Å². The van der Waals surface area contributed by atoms with Gasteiger partial charge in [-0.25, -0.2) is 8.42 Å². The number of aryl methyl sites for hydroxylation is 2. The summed E-state index contributed by atoms with van der Waals surface area (Å²) in [5.41, 5.74) is 2.75. The highest BCUT2D eigenvalue weighted by Crippen LogP contribution is 2.39. The summed E-state index contributed by atoms with van der Waals surface area (Å²) in [6.07, 6.45) is 2.06. The van der Waals surface area contributed by atoms with Crippen molar-refractivity contribution in [3.63, 3.8) is 0 Å². The molecular formula is C22H24N4O4S. The third kappa shape index (κ3) is 4.83. The zero-order chi connectivity index (χ0) is 22.2. The molecule has 2 aromatic carbocycles. The normalized spacial score (nSPS) is 14.9. The van der Waals surface area contributed by atoms with E-state index in [1.54, 1.807) is 31.2 Å². The Morgan fingerprint density at radius 3 is 2.52 bits per heavy atom. The molecule has 0 spiro atoms. The molecule has 162 valence electrons. The number of benzene rings is 2. The van der Waals surface area contributed by atoms with Gasteiger partial charge in [0.1, 0.15) is 0 Å². The highest BCUT2D eigenvalue weighted by molar-refractivity contribution is 7.89. The van der Waals surface area contributed by atoms with Gasteiger partial charge in [-0.2, -0.15) is 9.71 Å². The number of rotatable bonds is 7. The molecular weight excluding hydrogens is 416 g/mol. The second-order valence-corrected chi connectivity index (χ2v) is 9.59. The average molecular weight is 441 g/mol. The van der Waals surface area contributed by atoms with Crippen LogP contribution in [0.15, 0.2) is 51.9 Å². The van der Waals surface area contributed by atoms with Gasteiger partial charge in [0.25, 0.3) is 0 Å². The lowest BCUT2D eigenvalue weighted by atomic mass is 10.1. The van der Waals surface area contributed by atoms with E-state index < -0.39 is 22.0 Å². The van der Waals surface area contributed by atoms with E-state index in [1.165, 1.54) is 13.0 Å². The lowest BCUT2D eigenvalue weighted by Crippen LogP contribution is -2.41. The van der Waals surface area contributed by atoms with Gasteiger partial charge in [0, 0.05) is 17.2 Å². The minimum atomic E-state index is -3.96. The van der Waals surface area contributed by atoms with E-state index >= 15 is 0 Å². The van der Waals surface area contributed by atoms with E-state index in [9.17, 15) is 13.2 Å². The number of carbonyl (C=O) groups excluding carboxylic acids is 1. The van der Waals surface area contributed by atoms with Crippen molar-refractivity contribution in [3.8, 4) is 11.4 Å². The predicted octanol–water partition coefficient (Wildman–Crippen LogP) is 3.54. The lowest BCUT2D eigenvalue weighted by Gasteiger charge is -2.16. The molecule has 2 N–H and O–H groups in total. The number of sulfonamides is 1. The van der Waals surface area contributed by atoms with Crippen molar-refractivity contribution in [3.05, 3.63) is 59.5 Å². The van der Waals surface area contributed by atoms with Crippen LogP contribution in [0.3, 0.4) is 0 Å². The van der Waals surface area contributed by atoms with Crippen molar-refractivity contribution in [2.24, 2.45) is 0 Å². The quantitative estimate of drug-likeness (QED) is 0.581. The van der Waals surface area contributed by atoms with Gasteiger partial charge in [0.05, 0.1) is 10.9 Å². The molecule has 1 amide bonds. The Bertz CT molecular complexity index is 1210. The van der Waals surface area contributed by atoms with E-state index in [-0.39, 0.29) is 4.90 Å². The van der Waals surface area contributed by atoms with Gasteiger partial charge in [-0.15, -0.1) is 0 Å². The second kappa shape index (κ2) is 8.24. The Labute approximate surface area is 181 Å². The van der Waals surface area contributed by atoms with Gasteiger partial charge in [-0.3, -0.25) is 4.79 Å². The van der Waals surface area contributed by atoms with Crippen LogP contribution in [-0.2, 0) is 14.8 Å². The molecule has 9 heteroatoms. The van der Waals surface area contributed by atoms with E-state index in [0.717, 1.165) is 18.4 Å². The molecule has 4 rings (SSSR count). The number of nitrogens with zero attached hydrogens (tertiary/aromatic N) is 2. The summed E-state index contributed by atoms with van der Waals surface area (Å²) >= 11 is 0. The molecule has 0 saturated heterocycles. The Kier molecular flexibility index (Phi) is 5.63. The Morgan fingerprint density at radius 1 is 1.13 bits per heavy atom. The summed E-state index contributed by atoms with van der Waals surface area (Å²) in [7, 11) is -3.96. The summed E-state index contributed by atoms with van der Waals surface area (Å²) in [6.45, 7) is 5.14. The van der Waals surface area contributed by atoms with Crippen molar-refractivity contribution < 1.29 is 17.7 Å². The van der Waals surface area contributed by atoms with Gasteiger partial charge in [0.15, 0.2) is 0 Å².